The Kier molecular flexibility index (Phi) is 7.49. The fourth-order valence-corrected chi connectivity index (χ4v) is 4.64. The number of para-hydroxylation sites is 1. The number of esters is 2. The van der Waals surface area contributed by atoms with Crippen molar-refractivity contribution >= 4 is 45.2 Å². The van der Waals surface area contributed by atoms with E-state index in [1.807, 2.05) is 24.3 Å². The van der Waals surface area contributed by atoms with Gasteiger partial charge in [-0.15, -0.1) is 11.3 Å². The SMILES string of the molecule is CCOC(=O)Cc1csc(NC(=O)COC(=O)c2c3c(nc4ccccc24)CCN(CC)C3)n1. The molecule has 178 valence electrons. The number of carbonyl (C=O) groups excluding carboxylic acids is 3. The molecule has 3 aromatic rings. The van der Waals surface area contributed by atoms with E-state index in [1.54, 1.807) is 12.3 Å². The molecule has 0 saturated carbocycles. The Labute approximate surface area is 201 Å². The number of hydrogen-bond donors (Lipinski definition) is 1. The van der Waals surface area contributed by atoms with Gasteiger partial charge < -0.3 is 9.47 Å². The number of ether oxygens (including phenoxy) is 2. The smallest absolute Gasteiger partial charge is 0.339 e. The third kappa shape index (κ3) is 5.40. The number of amides is 1. The summed E-state index contributed by atoms with van der Waals surface area (Å²) < 4.78 is 10.3. The van der Waals surface area contributed by atoms with Crippen LogP contribution in [0, 0.1) is 0 Å². The Morgan fingerprint density at radius 1 is 1.15 bits per heavy atom. The molecule has 0 fully saturated rings. The molecule has 34 heavy (non-hydrogen) atoms. The largest absolute Gasteiger partial charge is 0.466 e. The first-order valence-corrected chi connectivity index (χ1v) is 12.1. The highest BCUT2D eigenvalue weighted by molar-refractivity contribution is 7.13. The van der Waals surface area contributed by atoms with Crippen LogP contribution in [0.5, 0.6) is 0 Å². The molecule has 2 aromatic heterocycles. The predicted molar refractivity (Wildman–Crippen MR) is 128 cm³/mol. The average molecular weight is 483 g/mol. The molecule has 0 saturated heterocycles. The standard InChI is InChI=1S/C24H26N4O5S/c1-3-28-10-9-19-17(12-28)22(16-7-5-6-8-18(16)26-19)23(31)33-13-20(29)27-24-25-15(14-34-24)11-21(30)32-4-2/h5-8,14H,3-4,9-13H2,1-2H3,(H,25,27,29). The zero-order valence-corrected chi connectivity index (χ0v) is 19.9. The number of anilines is 1. The van der Waals surface area contributed by atoms with Gasteiger partial charge in [0.1, 0.15) is 0 Å². The second-order valence-electron chi connectivity index (χ2n) is 7.80. The summed E-state index contributed by atoms with van der Waals surface area (Å²) >= 11 is 1.19. The molecular formula is C24H26N4O5S. The van der Waals surface area contributed by atoms with Crippen LogP contribution in [-0.4, -0.2) is 59.0 Å². The summed E-state index contributed by atoms with van der Waals surface area (Å²) in [6.45, 7) is 6.03. The quantitative estimate of drug-likeness (QED) is 0.488. The number of nitrogens with zero attached hydrogens (tertiary/aromatic N) is 3. The summed E-state index contributed by atoms with van der Waals surface area (Å²) in [5, 5.41) is 5.32. The van der Waals surface area contributed by atoms with Crippen molar-refractivity contribution in [2.45, 2.75) is 33.2 Å². The lowest BCUT2D eigenvalue weighted by Gasteiger charge is -2.28. The first-order chi connectivity index (χ1) is 16.5. The van der Waals surface area contributed by atoms with Crippen molar-refractivity contribution in [1.29, 1.82) is 0 Å². The summed E-state index contributed by atoms with van der Waals surface area (Å²) in [7, 11) is 0. The molecule has 10 heteroatoms. The molecule has 1 N–H and O–H groups in total. The summed E-state index contributed by atoms with van der Waals surface area (Å²) in [4.78, 5) is 48.4. The van der Waals surface area contributed by atoms with E-state index in [9.17, 15) is 14.4 Å². The first kappa shape index (κ1) is 23.8. The Bertz CT molecular complexity index is 1230. The topological polar surface area (TPSA) is 111 Å². The Hall–Kier alpha value is -3.37. The van der Waals surface area contributed by atoms with Gasteiger partial charge in [0.2, 0.25) is 0 Å². The normalized spacial score (nSPS) is 13.4. The molecule has 0 bridgehead atoms. The summed E-state index contributed by atoms with van der Waals surface area (Å²) in [5.41, 5.74) is 3.47. The van der Waals surface area contributed by atoms with Gasteiger partial charge >= 0.3 is 11.9 Å². The van der Waals surface area contributed by atoms with Crippen LogP contribution < -0.4 is 5.32 Å². The minimum atomic E-state index is -0.551. The second kappa shape index (κ2) is 10.7. The van der Waals surface area contributed by atoms with Gasteiger partial charge in [0.05, 0.1) is 29.8 Å². The number of hydrogen-bond acceptors (Lipinski definition) is 9. The van der Waals surface area contributed by atoms with E-state index < -0.39 is 18.5 Å². The van der Waals surface area contributed by atoms with Crippen LogP contribution >= 0.6 is 11.3 Å². The lowest BCUT2D eigenvalue weighted by molar-refractivity contribution is -0.142. The molecule has 1 amide bonds. The lowest BCUT2D eigenvalue weighted by Crippen LogP contribution is -2.32. The van der Waals surface area contributed by atoms with Gasteiger partial charge in [0.25, 0.3) is 5.91 Å². The van der Waals surface area contributed by atoms with Crippen molar-refractivity contribution in [2.75, 3.05) is 31.6 Å². The third-order valence-corrected chi connectivity index (χ3v) is 6.35. The Morgan fingerprint density at radius 2 is 1.97 bits per heavy atom. The molecule has 1 aliphatic heterocycles. The number of nitrogens with one attached hydrogen (secondary N) is 1. The molecule has 0 radical (unpaired) electrons. The van der Waals surface area contributed by atoms with Crippen LogP contribution in [0.4, 0.5) is 5.13 Å². The van der Waals surface area contributed by atoms with Crippen molar-refractivity contribution in [2.24, 2.45) is 0 Å². The molecular weight excluding hydrogens is 456 g/mol. The second-order valence-corrected chi connectivity index (χ2v) is 8.66. The highest BCUT2D eigenvalue weighted by Crippen LogP contribution is 2.28. The van der Waals surface area contributed by atoms with Gasteiger partial charge in [-0.25, -0.2) is 9.78 Å². The first-order valence-electron chi connectivity index (χ1n) is 11.2. The van der Waals surface area contributed by atoms with E-state index in [2.05, 4.69) is 22.1 Å². The highest BCUT2D eigenvalue weighted by atomic mass is 32.1. The van der Waals surface area contributed by atoms with Gasteiger partial charge in [-0.3, -0.25) is 24.8 Å². The maximum absolute atomic E-state index is 13.2. The predicted octanol–water partition coefficient (Wildman–Crippen LogP) is 2.97. The van der Waals surface area contributed by atoms with Gasteiger partial charge in [0.15, 0.2) is 11.7 Å². The minimum Gasteiger partial charge on any atom is -0.466 e. The number of rotatable bonds is 8. The number of thiazole rings is 1. The van der Waals surface area contributed by atoms with Crippen molar-refractivity contribution in [3.8, 4) is 0 Å². The summed E-state index contributed by atoms with van der Waals surface area (Å²) in [6.07, 6.45) is 0.789. The van der Waals surface area contributed by atoms with E-state index in [1.165, 1.54) is 11.3 Å². The number of carbonyl (C=O) groups is 3. The number of aromatic nitrogens is 2. The maximum atomic E-state index is 13.2. The fraction of sp³-hybridized carbons (Fsp3) is 0.375. The Balaban J connectivity index is 1.45. The number of pyridine rings is 1. The molecule has 3 heterocycles. The van der Waals surface area contributed by atoms with Crippen LogP contribution in [0.1, 0.15) is 41.2 Å². The zero-order valence-electron chi connectivity index (χ0n) is 19.1. The van der Waals surface area contributed by atoms with Crippen LogP contribution in [0.2, 0.25) is 0 Å². The maximum Gasteiger partial charge on any atom is 0.339 e. The number of fused-ring (bicyclic) bond motifs is 2. The van der Waals surface area contributed by atoms with Gasteiger partial charge in [0, 0.05) is 41.5 Å². The van der Waals surface area contributed by atoms with Crippen LogP contribution in [-0.2, 0) is 38.4 Å². The van der Waals surface area contributed by atoms with E-state index in [0.29, 0.717) is 34.9 Å². The average Bonchev–Trinajstić information content (AvgIpc) is 3.27. The minimum absolute atomic E-state index is 0.0319. The monoisotopic (exact) mass is 482 g/mol. The van der Waals surface area contributed by atoms with Crippen molar-refractivity contribution in [3.05, 3.63) is 52.2 Å². The van der Waals surface area contributed by atoms with E-state index in [0.717, 1.165) is 36.3 Å². The fourth-order valence-electron chi connectivity index (χ4n) is 3.91. The van der Waals surface area contributed by atoms with Gasteiger partial charge in [-0.1, -0.05) is 25.1 Å². The zero-order chi connectivity index (χ0) is 24.1. The molecule has 0 aliphatic carbocycles. The molecule has 0 unspecified atom stereocenters. The van der Waals surface area contributed by atoms with Gasteiger partial charge in [-0.2, -0.15) is 0 Å². The van der Waals surface area contributed by atoms with E-state index in [-0.39, 0.29) is 12.4 Å². The number of benzene rings is 1. The summed E-state index contributed by atoms with van der Waals surface area (Å²) in [6, 6.07) is 7.47. The lowest BCUT2D eigenvalue weighted by atomic mass is 9.96. The van der Waals surface area contributed by atoms with Crippen LogP contribution in [0.3, 0.4) is 0 Å². The van der Waals surface area contributed by atoms with Gasteiger partial charge in [-0.05, 0) is 19.5 Å². The third-order valence-electron chi connectivity index (χ3n) is 5.54. The van der Waals surface area contributed by atoms with Crippen molar-refractivity contribution in [1.82, 2.24) is 14.9 Å². The van der Waals surface area contributed by atoms with E-state index in [4.69, 9.17) is 14.5 Å². The molecule has 1 aliphatic rings. The molecule has 0 atom stereocenters. The molecule has 4 rings (SSSR count). The number of likely N-dealkylation sites (N-methyl/N-ethyl adjacent to an activating group) is 1. The van der Waals surface area contributed by atoms with Crippen LogP contribution in [0.25, 0.3) is 10.9 Å². The van der Waals surface area contributed by atoms with Crippen LogP contribution in [0.15, 0.2) is 29.6 Å². The highest BCUT2D eigenvalue weighted by Gasteiger charge is 2.26. The molecule has 1 aromatic carbocycles. The summed E-state index contributed by atoms with van der Waals surface area (Å²) in [5.74, 6) is -1.44. The molecule has 9 nitrogen and oxygen atoms in total. The Morgan fingerprint density at radius 3 is 2.76 bits per heavy atom. The van der Waals surface area contributed by atoms with Crippen molar-refractivity contribution in [3.63, 3.8) is 0 Å². The van der Waals surface area contributed by atoms with Crippen molar-refractivity contribution < 1.29 is 23.9 Å². The molecule has 0 spiro atoms. The van der Waals surface area contributed by atoms with E-state index >= 15 is 0 Å².